The van der Waals surface area contributed by atoms with Crippen LogP contribution in [0, 0.1) is 5.41 Å². The Balaban J connectivity index is 2.23. The zero-order valence-corrected chi connectivity index (χ0v) is 24.4. The van der Waals surface area contributed by atoms with Crippen molar-refractivity contribution < 1.29 is 26.4 Å². The Hall–Kier alpha value is -2.07. The number of carbonyl (C=O) groups is 1. The zero-order chi connectivity index (χ0) is 29.2. The van der Waals surface area contributed by atoms with E-state index in [-0.39, 0.29) is 18.2 Å². The largest absolute Gasteiger partial charge is 0.402 e. The molecule has 1 fully saturated rings. The second kappa shape index (κ2) is 12.2. The van der Waals surface area contributed by atoms with Gasteiger partial charge in [0.2, 0.25) is 15.9 Å². The van der Waals surface area contributed by atoms with Crippen molar-refractivity contribution in [1.29, 1.82) is 0 Å². The summed E-state index contributed by atoms with van der Waals surface area (Å²) < 4.78 is 65.5. The first kappa shape index (κ1) is 31.5. The lowest BCUT2D eigenvalue weighted by molar-refractivity contribution is -0.156. The molecule has 11 heteroatoms. The molecule has 39 heavy (non-hydrogen) atoms. The monoisotopic (exact) mass is 604 g/mol. The lowest BCUT2D eigenvalue weighted by atomic mass is 9.67. The normalized spacial score (nSPS) is 23.2. The Labute approximate surface area is 238 Å². The molecule has 1 heterocycles. The van der Waals surface area contributed by atoms with Gasteiger partial charge in [-0.25, -0.2) is 8.42 Å². The Bertz CT molecular complexity index is 1290. The smallest absolute Gasteiger partial charge is 0.330 e. The van der Waals surface area contributed by atoms with Crippen LogP contribution in [0.2, 0.25) is 10.0 Å². The second-order valence-corrected chi connectivity index (χ2v) is 13.2. The molecule has 214 valence electrons. The summed E-state index contributed by atoms with van der Waals surface area (Å²) in [6.07, 6.45) is -1.36. The first-order valence-corrected chi connectivity index (χ1v) is 15.2. The summed E-state index contributed by atoms with van der Waals surface area (Å²) in [5, 5.41) is 1.00. The Morgan fingerprint density at radius 3 is 2.31 bits per heavy atom. The van der Waals surface area contributed by atoms with E-state index >= 15 is 0 Å². The summed E-state index contributed by atoms with van der Waals surface area (Å²) in [5.41, 5.74) is 0.671. The first-order valence-electron chi connectivity index (χ1n) is 12.6. The highest BCUT2D eigenvalue weighted by molar-refractivity contribution is 7.88. The number of piperidine rings is 1. The summed E-state index contributed by atoms with van der Waals surface area (Å²) in [5.74, 6) is -0.566. The van der Waals surface area contributed by atoms with Crippen LogP contribution in [-0.2, 0) is 14.8 Å². The van der Waals surface area contributed by atoms with E-state index in [1.54, 1.807) is 48.2 Å². The van der Waals surface area contributed by atoms with Gasteiger partial charge in [-0.05, 0) is 54.7 Å². The number of benzene rings is 2. The number of hydrogen-bond donors (Lipinski definition) is 0. The topological polar surface area (TPSA) is 57.7 Å². The van der Waals surface area contributed by atoms with E-state index in [2.05, 4.69) is 6.58 Å². The van der Waals surface area contributed by atoms with Crippen LogP contribution in [0.5, 0.6) is 0 Å². The van der Waals surface area contributed by atoms with Crippen molar-refractivity contribution in [3.8, 4) is 0 Å². The van der Waals surface area contributed by atoms with Gasteiger partial charge in [0.25, 0.3) is 0 Å². The number of nitrogens with zero attached hydrogens (tertiary/aromatic N) is 2. The van der Waals surface area contributed by atoms with Crippen molar-refractivity contribution in [1.82, 2.24) is 9.21 Å². The minimum Gasteiger partial charge on any atom is -0.330 e. The summed E-state index contributed by atoms with van der Waals surface area (Å²) in [6, 6.07) is 12.8. The third-order valence-electron chi connectivity index (χ3n) is 7.29. The highest BCUT2D eigenvalue weighted by Crippen LogP contribution is 2.52. The maximum atomic E-state index is 14.3. The fraction of sp³-hybridized carbons (Fsp3) is 0.464. The summed E-state index contributed by atoms with van der Waals surface area (Å²) >= 11 is 12.5. The average Bonchev–Trinajstić information content (AvgIpc) is 2.83. The summed E-state index contributed by atoms with van der Waals surface area (Å²) in [6.45, 7) is 5.23. The lowest BCUT2D eigenvalue weighted by Gasteiger charge is -2.52. The number of amides is 1. The average molecular weight is 606 g/mol. The van der Waals surface area contributed by atoms with Crippen LogP contribution in [0.4, 0.5) is 13.2 Å². The molecule has 0 spiro atoms. The molecule has 2 aromatic rings. The SMILES string of the molecule is C=CC[C@@]1(C)C[C@H](c2cccc(Cl)c2)[C@@H](c2ccc(Cl)cc2)N([C@@H](CC)CN(CC(F)(F)F)S(C)(=O)=O)C1=O. The predicted molar refractivity (Wildman–Crippen MR) is 149 cm³/mol. The van der Waals surface area contributed by atoms with Crippen molar-refractivity contribution in [3.63, 3.8) is 0 Å². The second-order valence-electron chi connectivity index (χ2n) is 10.4. The molecule has 3 rings (SSSR count). The van der Waals surface area contributed by atoms with Crippen molar-refractivity contribution in [2.24, 2.45) is 5.41 Å². The molecule has 1 saturated heterocycles. The summed E-state index contributed by atoms with van der Waals surface area (Å²) in [7, 11) is -4.23. The molecule has 0 saturated carbocycles. The van der Waals surface area contributed by atoms with Gasteiger partial charge in [0.15, 0.2) is 0 Å². The van der Waals surface area contributed by atoms with Crippen LogP contribution in [-0.4, -0.2) is 55.1 Å². The van der Waals surface area contributed by atoms with Crippen molar-refractivity contribution in [2.45, 2.75) is 57.3 Å². The molecule has 1 aliphatic heterocycles. The minimum absolute atomic E-state index is 0.228. The van der Waals surface area contributed by atoms with Crippen LogP contribution in [0.3, 0.4) is 0 Å². The van der Waals surface area contributed by atoms with E-state index in [4.69, 9.17) is 23.2 Å². The van der Waals surface area contributed by atoms with E-state index in [0.29, 0.717) is 27.2 Å². The molecule has 1 amide bonds. The van der Waals surface area contributed by atoms with Gasteiger partial charge >= 0.3 is 6.18 Å². The fourth-order valence-electron chi connectivity index (χ4n) is 5.45. The maximum Gasteiger partial charge on any atom is 0.402 e. The molecule has 0 radical (unpaired) electrons. The number of sulfonamides is 1. The first-order chi connectivity index (χ1) is 18.1. The number of allylic oxidation sites excluding steroid dienone is 1. The van der Waals surface area contributed by atoms with Gasteiger partial charge in [-0.2, -0.15) is 17.5 Å². The molecule has 2 aromatic carbocycles. The Kier molecular flexibility index (Phi) is 9.85. The molecule has 0 aromatic heterocycles. The van der Waals surface area contributed by atoms with Crippen molar-refractivity contribution >= 4 is 39.1 Å². The van der Waals surface area contributed by atoms with Gasteiger partial charge in [0.1, 0.15) is 6.54 Å². The van der Waals surface area contributed by atoms with Crippen molar-refractivity contribution in [2.75, 3.05) is 19.3 Å². The summed E-state index contributed by atoms with van der Waals surface area (Å²) in [4.78, 5) is 15.9. The number of alkyl halides is 3. The van der Waals surface area contributed by atoms with Gasteiger partial charge < -0.3 is 4.90 Å². The molecule has 0 N–H and O–H groups in total. The molecule has 0 bridgehead atoms. The van der Waals surface area contributed by atoms with E-state index in [0.717, 1.165) is 17.4 Å². The Morgan fingerprint density at radius 2 is 1.79 bits per heavy atom. The third-order valence-corrected chi connectivity index (χ3v) is 8.99. The highest BCUT2D eigenvalue weighted by Gasteiger charge is 2.51. The molecule has 0 aliphatic carbocycles. The Morgan fingerprint density at radius 1 is 1.15 bits per heavy atom. The molecule has 4 atom stereocenters. The predicted octanol–water partition coefficient (Wildman–Crippen LogP) is 7.24. The van der Waals surface area contributed by atoms with Crippen LogP contribution in [0.15, 0.2) is 61.2 Å². The number of rotatable bonds is 10. The van der Waals surface area contributed by atoms with Crippen LogP contribution >= 0.6 is 23.2 Å². The molecule has 5 nitrogen and oxygen atoms in total. The zero-order valence-electron chi connectivity index (χ0n) is 22.1. The van der Waals surface area contributed by atoms with Gasteiger partial charge in [0.05, 0.1) is 17.7 Å². The molecular weight excluding hydrogens is 572 g/mol. The fourth-order valence-corrected chi connectivity index (χ4v) is 6.60. The highest BCUT2D eigenvalue weighted by atomic mass is 35.5. The van der Waals surface area contributed by atoms with Crippen LogP contribution in [0.25, 0.3) is 0 Å². The number of hydrogen-bond acceptors (Lipinski definition) is 3. The van der Waals surface area contributed by atoms with E-state index in [9.17, 15) is 26.4 Å². The van der Waals surface area contributed by atoms with Gasteiger partial charge in [-0.3, -0.25) is 4.79 Å². The van der Waals surface area contributed by atoms with Gasteiger partial charge in [-0.15, -0.1) is 6.58 Å². The number of carbonyl (C=O) groups excluding carboxylic acids is 1. The van der Waals surface area contributed by atoms with Crippen LogP contribution < -0.4 is 0 Å². The molecule has 1 aliphatic rings. The molecule has 0 unspecified atom stereocenters. The number of halogens is 5. The minimum atomic E-state index is -4.75. The van der Waals surface area contributed by atoms with E-state index < -0.39 is 46.8 Å². The van der Waals surface area contributed by atoms with Crippen LogP contribution in [0.1, 0.15) is 56.2 Å². The lowest BCUT2D eigenvalue weighted by Crippen LogP contribution is -2.58. The number of likely N-dealkylation sites (tertiary alicyclic amines) is 1. The standard InChI is InChI=1S/C28H33Cl2F3N2O3S/c1-5-14-27(3)16-24(20-8-7-9-22(30)15-20)25(19-10-12-21(29)13-11-19)35(26(27)36)23(6-2)17-34(39(4,37)38)18-28(31,32)33/h5,7-13,15,23-25H,1,6,14,16-18H2,2-4H3/t23-,24+,25+,27-/m0/s1. The van der Waals surface area contributed by atoms with Gasteiger partial charge in [0, 0.05) is 28.5 Å². The van der Waals surface area contributed by atoms with E-state index in [1.165, 1.54) is 0 Å². The quantitative estimate of drug-likeness (QED) is 0.269. The van der Waals surface area contributed by atoms with Gasteiger partial charge in [-0.1, -0.05) is 67.4 Å². The van der Waals surface area contributed by atoms with E-state index in [1.807, 2.05) is 25.1 Å². The maximum absolute atomic E-state index is 14.3. The third kappa shape index (κ3) is 7.57. The molecular formula is C28H33Cl2F3N2O3S. The van der Waals surface area contributed by atoms with Crippen molar-refractivity contribution in [3.05, 3.63) is 82.4 Å².